The maximum atomic E-state index is 11.9. The van der Waals surface area contributed by atoms with E-state index in [4.69, 9.17) is 22.0 Å². The van der Waals surface area contributed by atoms with Crippen LogP contribution in [0.25, 0.3) is 10.8 Å². The van der Waals surface area contributed by atoms with Crippen molar-refractivity contribution in [3.05, 3.63) is 78.4 Å². The Bertz CT molecular complexity index is 1020. The zero-order valence-corrected chi connectivity index (χ0v) is 17.0. The maximum Gasteiger partial charge on any atom is 0.326 e. The van der Waals surface area contributed by atoms with Gasteiger partial charge in [-0.1, -0.05) is 54.6 Å². The van der Waals surface area contributed by atoms with Gasteiger partial charge in [-0.2, -0.15) is 0 Å². The van der Waals surface area contributed by atoms with Crippen molar-refractivity contribution in [2.24, 2.45) is 5.73 Å². The van der Waals surface area contributed by atoms with Crippen molar-refractivity contribution in [3.63, 3.8) is 0 Å². The normalized spacial score (nSPS) is 11.0. The summed E-state index contributed by atoms with van der Waals surface area (Å²) in [7, 11) is 0. The second-order valence-corrected chi connectivity index (χ2v) is 6.78. The summed E-state index contributed by atoms with van der Waals surface area (Å²) >= 11 is 0. The largest absolute Gasteiger partial charge is 0.480 e. The molecule has 0 aromatic heterocycles. The lowest BCUT2D eigenvalue weighted by molar-refractivity contribution is -0.139. The van der Waals surface area contributed by atoms with Gasteiger partial charge in [0.15, 0.2) is 5.96 Å². The molecule has 0 fully saturated rings. The van der Waals surface area contributed by atoms with Crippen LogP contribution in [0.1, 0.15) is 23.2 Å². The van der Waals surface area contributed by atoms with Crippen LogP contribution in [0.4, 0.5) is 5.69 Å². The molecule has 3 aromatic carbocycles. The Morgan fingerprint density at radius 3 is 2.26 bits per heavy atom. The van der Waals surface area contributed by atoms with E-state index in [2.05, 4.69) is 22.8 Å². The highest BCUT2D eigenvalue weighted by molar-refractivity contribution is 5.96. The van der Waals surface area contributed by atoms with Crippen LogP contribution in [0.3, 0.4) is 0 Å². The minimum Gasteiger partial charge on any atom is -0.480 e. The summed E-state index contributed by atoms with van der Waals surface area (Å²) in [5.74, 6) is -1.67. The van der Waals surface area contributed by atoms with Crippen LogP contribution in [-0.2, 0) is 4.79 Å². The molecule has 3 aromatic rings. The number of fused-ring (bicyclic) bond motifs is 1. The number of carboxylic acid groups (broad SMARTS) is 1. The van der Waals surface area contributed by atoms with E-state index in [1.165, 1.54) is 5.39 Å². The smallest absolute Gasteiger partial charge is 0.326 e. The fourth-order valence-electron chi connectivity index (χ4n) is 2.87. The lowest BCUT2D eigenvalue weighted by Crippen LogP contribution is -2.41. The molecule has 0 spiro atoms. The minimum atomic E-state index is -1.09. The molecule has 8 nitrogen and oxygen atoms in total. The first-order valence-electron chi connectivity index (χ1n) is 9.78. The Morgan fingerprint density at radius 1 is 0.968 bits per heavy atom. The van der Waals surface area contributed by atoms with Crippen LogP contribution in [0.5, 0.6) is 0 Å². The van der Waals surface area contributed by atoms with E-state index in [1.54, 1.807) is 30.3 Å². The number of amides is 1. The first kappa shape index (κ1) is 23.2. The van der Waals surface area contributed by atoms with Crippen molar-refractivity contribution in [1.82, 2.24) is 10.6 Å². The Labute approximate surface area is 180 Å². The molecule has 8 N–H and O–H groups in total. The number of carbonyl (C=O) groups excluding carboxylic acids is 1. The number of aliphatic carboxylic acids is 1. The molecule has 3 rings (SSSR count). The van der Waals surface area contributed by atoms with Crippen molar-refractivity contribution in [3.8, 4) is 0 Å². The van der Waals surface area contributed by atoms with E-state index in [9.17, 15) is 9.59 Å². The Kier molecular flexibility index (Phi) is 8.85. The molecule has 8 heteroatoms. The van der Waals surface area contributed by atoms with E-state index < -0.39 is 17.9 Å². The van der Waals surface area contributed by atoms with Crippen LogP contribution in [0, 0.1) is 5.41 Å². The molecular weight excluding hydrogens is 394 g/mol. The van der Waals surface area contributed by atoms with Gasteiger partial charge in [-0.3, -0.25) is 10.2 Å². The van der Waals surface area contributed by atoms with Gasteiger partial charge in [-0.05, 0) is 36.4 Å². The molecule has 162 valence electrons. The third-order valence-electron chi connectivity index (χ3n) is 4.45. The molecule has 0 aliphatic heterocycles. The predicted octanol–water partition coefficient (Wildman–Crippen LogP) is 2.55. The average molecular weight is 422 g/mol. The quantitative estimate of drug-likeness (QED) is 0.149. The lowest BCUT2D eigenvalue weighted by atomic mass is 10.1. The molecule has 0 saturated carbocycles. The number of nitrogen functional groups attached to an aromatic ring is 1. The molecule has 0 saturated heterocycles. The summed E-state index contributed by atoms with van der Waals surface area (Å²) in [5, 5.41) is 23.4. The lowest BCUT2D eigenvalue weighted by Gasteiger charge is -2.14. The third kappa shape index (κ3) is 7.69. The van der Waals surface area contributed by atoms with Crippen molar-refractivity contribution < 1.29 is 14.7 Å². The summed E-state index contributed by atoms with van der Waals surface area (Å²) in [4.78, 5) is 22.9. The first-order chi connectivity index (χ1) is 14.9. The summed E-state index contributed by atoms with van der Waals surface area (Å²) in [6, 6.07) is 21.5. The predicted molar refractivity (Wildman–Crippen MR) is 123 cm³/mol. The van der Waals surface area contributed by atoms with Gasteiger partial charge in [0.1, 0.15) is 6.04 Å². The number of anilines is 1. The van der Waals surface area contributed by atoms with Gasteiger partial charge in [0, 0.05) is 23.2 Å². The number of guanidine groups is 1. The van der Waals surface area contributed by atoms with Gasteiger partial charge in [0.2, 0.25) is 0 Å². The number of carbonyl (C=O) groups is 2. The highest BCUT2D eigenvalue weighted by atomic mass is 16.4. The second kappa shape index (κ2) is 11.8. The standard InChI is InChI=1S/C13H18N4O3.C10H9N/c14-13(15)16-8-4-7-10(12(19)20)17-11(18)9-5-2-1-3-6-9;11-10-7-3-5-8-4-1-2-6-9(8)10/h1-3,5-6,10H,4,7-8H2,(H,17,18)(H,19,20)(H4,14,15,16);1-7H,11H2. The van der Waals surface area contributed by atoms with Gasteiger partial charge in [0.05, 0.1) is 0 Å². The van der Waals surface area contributed by atoms with Crippen LogP contribution in [0.15, 0.2) is 72.8 Å². The van der Waals surface area contributed by atoms with Crippen molar-refractivity contribution in [2.45, 2.75) is 18.9 Å². The summed E-state index contributed by atoms with van der Waals surface area (Å²) in [6.45, 7) is 0.389. The molecule has 0 aliphatic carbocycles. The minimum absolute atomic E-state index is 0.162. The van der Waals surface area contributed by atoms with Gasteiger partial charge < -0.3 is 27.2 Å². The SMILES string of the molecule is N=C(N)NCCCC(NC(=O)c1ccccc1)C(=O)O.Nc1cccc2ccccc12. The zero-order valence-electron chi connectivity index (χ0n) is 17.0. The molecular formula is C23H27N5O3. The molecule has 0 radical (unpaired) electrons. The number of nitrogens with two attached hydrogens (primary N) is 2. The summed E-state index contributed by atoms with van der Waals surface area (Å²) < 4.78 is 0. The summed E-state index contributed by atoms with van der Waals surface area (Å²) in [5.41, 5.74) is 12.1. The number of nitrogens with one attached hydrogen (secondary N) is 3. The van der Waals surface area contributed by atoms with E-state index in [1.807, 2.05) is 30.3 Å². The van der Waals surface area contributed by atoms with E-state index in [0.717, 1.165) is 11.1 Å². The fourth-order valence-corrected chi connectivity index (χ4v) is 2.87. The van der Waals surface area contributed by atoms with Crippen molar-refractivity contribution >= 4 is 34.3 Å². The van der Waals surface area contributed by atoms with Crippen molar-refractivity contribution in [1.29, 1.82) is 5.41 Å². The van der Waals surface area contributed by atoms with E-state index >= 15 is 0 Å². The molecule has 0 bridgehead atoms. The Hall–Kier alpha value is -4.07. The topological polar surface area (TPSA) is 154 Å². The first-order valence-corrected chi connectivity index (χ1v) is 9.78. The van der Waals surface area contributed by atoms with Gasteiger partial charge in [0.25, 0.3) is 5.91 Å². The van der Waals surface area contributed by atoms with Crippen molar-refractivity contribution in [2.75, 3.05) is 12.3 Å². The van der Waals surface area contributed by atoms with E-state index in [0.29, 0.717) is 18.5 Å². The summed E-state index contributed by atoms with van der Waals surface area (Å²) in [6.07, 6.45) is 0.736. The number of hydrogen-bond donors (Lipinski definition) is 6. The molecule has 0 heterocycles. The molecule has 1 atom stereocenters. The average Bonchev–Trinajstić information content (AvgIpc) is 2.77. The highest BCUT2D eigenvalue weighted by Gasteiger charge is 2.19. The molecule has 31 heavy (non-hydrogen) atoms. The molecule has 0 aliphatic rings. The molecule has 1 amide bonds. The number of hydrogen-bond acceptors (Lipinski definition) is 4. The third-order valence-corrected chi connectivity index (χ3v) is 4.45. The van der Waals surface area contributed by atoms with Gasteiger partial charge in [-0.25, -0.2) is 4.79 Å². The maximum absolute atomic E-state index is 11.9. The monoisotopic (exact) mass is 421 g/mol. The second-order valence-electron chi connectivity index (χ2n) is 6.78. The Balaban J connectivity index is 0.000000258. The van der Waals surface area contributed by atoms with Crippen LogP contribution in [-0.4, -0.2) is 35.5 Å². The number of rotatable bonds is 7. The fraction of sp³-hybridized carbons (Fsp3) is 0.174. The highest BCUT2D eigenvalue weighted by Crippen LogP contribution is 2.19. The Morgan fingerprint density at radius 2 is 1.61 bits per heavy atom. The van der Waals surface area contributed by atoms with Gasteiger partial charge in [-0.15, -0.1) is 0 Å². The molecule has 1 unspecified atom stereocenters. The van der Waals surface area contributed by atoms with Crippen LogP contribution >= 0.6 is 0 Å². The number of carboxylic acids is 1. The van der Waals surface area contributed by atoms with Crippen LogP contribution < -0.4 is 22.1 Å². The van der Waals surface area contributed by atoms with Crippen LogP contribution in [0.2, 0.25) is 0 Å². The van der Waals surface area contributed by atoms with E-state index in [-0.39, 0.29) is 12.4 Å². The zero-order chi connectivity index (χ0) is 22.6. The number of benzene rings is 3. The van der Waals surface area contributed by atoms with Gasteiger partial charge >= 0.3 is 5.97 Å².